The quantitative estimate of drug-likeness (QED) is 0.296. The number of aliphatic carboxylic acids is 1. The molecule has 1 aromatic heterocycles. The maximum atomic E-state index is 12.9. The Kier molecular flexibility index (Phi) is 15.5. The van der Waals surface area contributed by atoms with Gasteiger partial charge in [0, 0.05) is 18.5 Å². The van der Waals surface area contributed by atoms with E-state index in [1.54, 1.807) is 0 Å². The normalized spacial score (nSPS) is 11.0. The fourth-order valence-corrected chi connectivity index (χ4v) is 3.78. The Bertz CT molecular complexity index is 1060. The van der Waals surface area contributed by atoms with Crippen molar-refractivity contribution in [2.45, 2.75) is 52.6 Å². The number of H-pyrrole nitrogens is 1. The van der Waals surface area contributed by atoms with Crippen LogP contribution in [-0.4, -0.2) is 54.0 Å². The summed E-state index contributed by atoms with van der Waals surface area (Å²) in [6.45, 7) is 5.93. The van der Waals surface area contributed by atoms with Gasteiger partial charge in [-0.05, 0) is 34.2 Å². The second-order valence-electron chi connectivity index (χ2n) is 8.13. The van der Waals surface area contributed by atoms with Crippen molar-refractivity contribution in [3.63, 3.8) is 0 Å². The predicted octanol–water partition coefficient (Wildman–Crippen LogP) is -2.43. The second kappa shape index (κ2) is 16.2. The molecule has 1 atom stereocenters. The van der Waals surface area contributed by atoms with E-state index in [9.17, 15) is 14.7 Å². The second-order valence-corrected chi connectivity index (χ2v) is 8.13. The summed E-state index contributed by atoms with van der Waals surface area (Å²) in [5.74, 6) is -0.784. The van der Waals surface area contributed by atoms with Crippen LogP contribution in [0.1, 0.15) is 48.5 Å². The molecule has 1 amide bonds. The van der Waals surface area contributed by atoms with Crippen LogP contribution in [0.4, 0.5) is 0 Å². The van der Waals surface area contributed by atoms with Gasteiger partial charge in [-0.25, -0.2) is 4.79 Å². The van der Waals surface area contributed by atoms with Crippen molar-refractivity contribution < 1.29 is 82.1 Å². The SMILES string of the molecule is CCCCC(=O)N(Cc1ccc(-c2ccccc2-c2nn[nH]n2)cc1)[C@H](C(=O)O)C(C)C.O.[H-].[H-].[Na+].[Na+]. The molecule has 0 aliphatic heterocycles. The number of unbranched alkanes of at least 4 members (excludes halogenated alkanes) is 1. The Morgan fingerprint density at radius 1 is 1.06 bits per heavy atom. The molecular weight excluding hydrogens is 468 g/mol. The molecule has 3 aromatic rings. The average Bonchev–Trinajstić information content (AvgIpc) is 3.32. The number of tetrazole rings is 1. The first-order valence-corrected chi connectivity index (χ1v) is 10.9. The van der Waals surface area contributed by atoms with Gasteiger partial charge in [-0.2, -0.15) is 5.21 Å². The van der Waals surface area contributed by atoms with Gasteiger partial charge in [0.25, 0.3) is 0 Å². The van der Waals surface area contributed by atoms with Crippen molar-refractivity contribution in [1.82, 2.24) is 25.5 Å². The molecule has 3 rings (SSSR count). The van der Waals surface area contributed by atoms with Gasteiger partial charge in [0.2, 0.25) is 11.7 Å². The van der Waals surface area contributed by atoms with E-state index in [1.165, 1.54) is 4.90 Å². The largest absolute Gasteiger partial charge is 1.00 e. The summed E-state index contributed by atoms with van der Waals surface area (Å²) < 4.78 is 0. The molecule has 0 fully saturated rings. The van der Waals surface area contributed by atoms with Crippen molar-refractivity contribution in [1.29, 1.82) is 0 Å². The van der Waals surface area contributed by atoms with Crippen LogP contribution in [0.25, 0.3) is 22.5 Å². The van der Waals surface area contributed by atoms with Gasteiger partial charge in [0.05, 0.1) is 0 Å². The number of carbonyl (C=O) groups is 2. The summed E-state index contributed by atoms with van der Waals surface area (Å²) in [6, 6.07) is 14.7. The smallest absolute Gasteiger partial charge is 1.00 e. The van der Waals surface area contributed by atoms with Crippen LogP contribution in [0.15, 0.2) is 48.5 Å². The zero-order chi connectivity index (χ0) is 23.1. The third kappa shape index (κ3) is 8.78. The first-order chi connectivity index (χ1) is 15.4. The van der Waals surface area contributed by atoms with Crippen LogP contribution >= 0.6 is 0 Å². The molecule has 4 N–H and O–H groups in total. The van der Waals surface area contributed by atoms with Gasteiger partial charge in [-0.3, -0.25) is 4.79 Å². The predicted molar refractivity (Wildman–Crippen MR) is 127 cm³/mol. The first-order valence-electron chi connectivity index (χ1n) is 10.9. The number of nitrogens with zero attached hydrogens (tertiary/aromatic N) is 4. The van der Waals surface area contributed by atoms with Crippen LogP contribution in [0.2, 0.25) is 0 Å². The van der Waals surface area contributed by atoms with E-state index in [2.05, 4.69) is 20.6 Å². The van der Waals surface area contributed by atoms with Crippen molar-refractivity contribution >= 4 is 11.9 Å². The maximum Gasteiger partial charge on any atom is 1.00 e. The molecule has 0 saturated heterocycles. The van der Waals surface area contributed by atoms with Crippen LogP contribution in [-0.2, 0) is 16.1 Å². The number of hydrogen-bond donors (Lipinski definition) is 2. The summed E-state index contributed by atoms with van der Waals surface area (Å²) in [5.41, 5.74) is 3.66. The number of carboxylic acid groups (broad SMARTS) is 1. The number of amides is 1. The molecule has 180 valence electrons. The molecular formula is C24H33N5Na2O4. The minimum Gasteiger partial charge on any atom is -1.00 e. The van der Waals surface area contributed by atoms with Gasteiger partial charge >= 0.3 is 65.1 Å². The van der Waals surface area contributed by atoms with Crippen molar-refractivity contribution in [3.05, 3.63) is 54.1 Å². The van der Waals surface area contributed by atoms with Crippen LogP contribution < -0.4 is 59.1 Å². The molecule has 2 aromatic carbocycles. The molecule has 11 heteroatoms. The summed E-state index contributed by atoms with van der Waals surface area (Å²) in [4.78, 5) is 26.3. The minimum atomic E-state index is -0.976. The number of aromatic amines is 1. The number of nitrogens with one attached hydrogen (secondary N) is 1. The summed E-state index contributed by atoms with van der Waals surface area (Å²) >= 11 is 0. The maximum absolute atomic E-state index is 12.9. The summed E-state index contributed by atoms with van der Waals surface area (Å²) in [7, 11) is 0. The molecule has 35 heavy (non-hydrogen) atoms. The fourth-order valence-electron chi connectivity index (χ4n) is 3.78. The number of carboxylic acids is 1. The molecule has 0 aliphatic rings. The third-order valence-corrected chi connectivity index (χ3v) is 5.42. The van der Waals surface area contributed by atoms with Gasteiger partial charge in [-0.1, -0.05) is 75.7 Å². The Morgan fingerprint density at radius 3 is 2.20 bits per heavy atom. The number of hydrogen-bond acceptors (Lipinski definition) is 5. The summed E-state index contributed by atoms with van der Waals surface area (Å²) in [5, 5.41) is 24.0. The van der Waals surface area contributed by atoms with Gasteiger partial charge in [0.1, 0.15) is 6.04 Å². The molecule has 0 unspecified atom stereocenters. The van der Waals surface area contributed by atoms with Crippen molar-refractivity contribution in [2.24, 2.45) is 5.92 Å². The average molecular weight is 502 g/mol. The van der Waals surface area contributed by atoms with E-state index >= 15 is 0 Å². The molecule has 0 aliphatic carbocycles. The monoisotopic (exact) mass is 501 g/mol. The summed E-state index contributed by atoms with van der Waals surface area (Å²) in [6.07, 6.45) is 1.97. The van der Waals surface area contributed by atoms with E-state index < -0.39 is 12.0 Å². The minimum absolute atomic E-state index is 0. The van der Waals surface area contributed by atoms with E-state index in [0.717, 1.165) is 35.1 Å². The van der Waals surface area contributed by atoms with E-state index in [1.807, 2.05) is 69.3 Å². The van der Waals surface area contributed by atoms with Crippen LogP contribution in [0, 0.1) is 5.92 Å². The fraction of sp³-hybridized carbons (Fsp3) is 0.375. The molecule has 9 nitrogen and oxygen atoms in total. The Labute approximate surface area is 252 Å². The molecule has 0 spiro atoms. The Balaban J connectivity index is -0.00000231. The van der Waals surface area contributed by atoms with Gasteiger partial charge in [0.15, 0.2) is 0 Å². The molecule has 0 saturated carbocycles. The molecule has 0 radical (unpaired) electrons. The number of benzene rings is 2. The number of aromatic nitrogens is 4. The number of rotatable bonds is 10. The molecule has 1 heterocycles. The zero-order valence-corrected chi connectivity index (χ0v) is 25.2. The van der Waals surface area contributed by atoms with Crippen molar-refractivity contribution in [3.8, 4) is 22.5 Å². The van der Waals surface area contributed by atoms with E-state index in [0.29, 0.717) is 12.2 Å². The number of carbonyl (C=O) groups excluding carboxylic acids is 1. The Hall–Kier alpha value is -1.59. The van der Waals surface area contributed by atoms with E-state index in [4.69, 9.17) is 0 Å². The van der Waals surface area contributed by atoms with Crippen molar-refractivity contribution in [2.75, 3.05) is 0 Å². The van der Waals surface area contributed by atoms with E-state index in [-0.39, 0.29) is 85.8 Å². The van der Waals surface area contributed by atoms with Crippen LogP contribution in [0.3, 0.4) is 0 Å². The standard InChI is InChI=1S/C24H29N5O3.2Na.H2O.2H/c1-4-5-10-21(30)29(22(16(2)3)24(31)32)15-17-11-13-18(14-12-17)19-8-6-7-9-20(19)23-25-27-28-26-23;;;;;/h6-9,11-14,16,22H,4-5,10,15H2,1-3H3,(H,31,32)(H,25,26,27,28);;;1H2;;/q;2*+1;;2*-1/t22-;;;;;/m0...../s1. The van der Waals surface area contributed by atoms with Crippen LogP contribution in [0.5, 0.6) is 0 Å². The Morgan fingerprint density at radius 2 is 1.69 bits per heavy atom. The first kappa shape index (κ1) is 33.4. The molecule has 0 bridgehead atoms. The topological polar surface area (TPSA) is 144 Å². The third-order valence-electron chi connectivity index (χ3n) is 5.42. The zero-order valence-electron chi connectivity index (χ0n) is 23.2. The van der Waals surface area contributed by atoms with Gasteiger partial charge in [-0.15, -0.1) is 10.2 Å². The van der Waals surface area contributed by atoms with Gasteiger partial charge < -0.3 is 18.3 Å².